The van der Waals surface area contributed by atoms with Crippen molar-refractivity contribution < 1.29 is 4.79 Å². The lowest BCUT2D eigenvalue weighted by molar-refractivity contribution is -0.131. The van der Waals surface area contributed by atoms with Crippen LogP contribution in [0, 0.1) is 13.8 Å². The van der Waals surface area contributed by atoms with Crippen LogP contribution in [0.4, 0.5) is 0 Å². The summed E-state index contributed by atoms with van der Waals surface area (Å²) in [5.41, 5.74) is 9.58. The second-order valence-electron chi connectivity index (χ2n) is 7.12. The normalized spacial score (nSPS) is 10.8. The van der Waals surface area contributed by atoms with Crippen molar-refractivity contribution in [2.24, 2.45) is 12.8 Å². The number of aryl methyl sites for hydroxylation is 3. The maximum absolute atomic E-state index is 13.1. The van der Waals surface area contributed by atoms with Crippen LogP contribution in [0.1, 0.15) is 28.8 Å². The molecular formula is C21H28ClN5O2. The van der Waals surface area contributed by atoms with Gasteiger partial charge in [0.05, 0.1) is 11.8 Å². The molecule has 1 amide bonds. The van der Waals surface area contributed by atoms with Crippen molar-refractivity contribution in [1.29, 1.82) is 0 Å². The molecule has 0 aliphatic heterocycles. The first-order valence-corrected chi connectivity index (χ1v) is 9.49. The molecule has 0 saturated heterocycles. The number of hydrogen-bond acceptors (Lipinski definition) is 4. The van der Waals surface area contributed by atoms with Crippen LogP contribution in [0.5, 0.6) is 0 Å². The van der Waals surface area contributed by atoms with E-state index < -0.39 is 0 Å². The first-order chi connectivity index (χ1) is 13.4. The van der Waals surface area contributed by atoms with Gasteiger partial charge in [0.1, 0.15) is 0 Å². The van der Waals surface area contributed by atoms with E-state index in [-0.39, 0.29) is 30.3 Å². The van der Waals surface area contributed by atoms with Crippen LogP contribution in [0.3, 0.4) is 0 Å². The lowest BCUT2D eigenvalue weighted by atomic mass is 10.0. The summed E-state index contributed by atoms with van der Waals surface area (Å²) in [6.07, 6.45) is 0.957. The molecular weight excluding hydrogens is 390 g/mol. The Morgan fingerprint density at radius 1 is 1.24 bits per heavy atom. The van der Waals surface area contributed by atoms with Crippen molar-refractivity contribution in [3.63, 3.8) is 0 Å². The van der Waals surface area contributed by atoms with Gasteiger partial charge < -0.3 is 10.6 Å². The van der Waals surface area contributed by atoms with Gasteiger partial charge in [-0.2, -0.15) is 0 Å². The number of benzene rings is 1. The lowest BCUT2D eigenvalue weighted by Gasteiger charge is -2.23. The Balaban J connectivity index is 0.00000300. The number of rotatable bonds is 7. The van der Waals surface area contributed by atoms with Gasteiger partial charge in [-0.05, 0) is 43.5 Å². The third-order valence-electron chi connectivity index (χ3n) is 5.10. The predicted octanol–water partition coefficient (Wildman–Crippen LogP) is 2.22. The Morgan fingerprint density at radius 3 is 2.59 bits per heavy atom. The summed E-state index contributed by atoms with van der Waals surface area (Å²) in [6, 6.07) is 9.91. The molecule has 0 aliphatic carbocycles. The summed E-state index contributed by atoms with van der Waals surface area (Å²) in [6.45, 7) is 5.44. The lowest BCUT2D eigenvalue weighted by Crippen LogP contribution is -2.34. The zero-order valence-corrected chi connectivity index (χ0v) is 17.9. The molecule has 0 saturated carbocycles. The van der Waals surface area contributed by atoms with E-state index in [0.29, 0.717) is 30.7 Å². The molecule has 0 unspecified atom stereocenters. The minimum Gasteiger partial charge on any atom is -0.338 e. The van der Waals surface area contributed by atoms with E-state index in [1.165, 1.54) is 0 Å². The monoisotopic (exact) mass is 417 g/mol. The fourth-order valence-electron chi connectivity index (χ4n) is 3.55. The van der Waals surface area contributed by atoms with E-state index in [9.17, 15) is 9.59 Å². The fourth-order valence-corrected chi connectivity index (χ4v) is 3.55. The van der Waals surface area contributed by atoms with Crippen molar-refractivity contribution in [2.45, 2.75) is 33.2 Å². The van der Waals surface area contributed by atoms with Crippen LogP contribution < -0.4 is 11.3 Å². The number of carbonyl (C=O) groups excluding carboxylic acids is 1. The molecule has 1 aromatic carbocycles. The number of nitrogens with zero attached hydrogens (tertiary/aromatic N) is 3. The number of aromatic nitrogens is 3. The van der Waals surface area contributed by atoms with Crippen molar-refractivity contribution in [1.82, 2.24) is 19.7 Å². The Bertz CT molecular complexity index is 1040. The first-order valence-electron chi connectivity index (χ1n) is 9.49. The number of pyridine rings is 1. The highest BCUT2D eigenvalue weighted by Gasteiger charge is 2.20. The van der Waals surface area contributed by atoms with Crippen LogP contribution in [-0.4, -0.2) is 38.7 Å². The van der Waals surface area contributed by atoms with E-state index in [1.807, 2.05) is 49.1 Å². The summed E-state index contributed by atoms with van der Waals surface area (Å²) in [4.78, 5) is 31.8. The molecule has 0 fully saturated rings. The van der Waals surface area contributed by atoms with Gasteiger partial charge in [-0.15, -0.1) is 12.4 Å². The molecule has 3 rings (SSSR count). The number of amides is 1. The third-order valence-corrected chi connectivity index (χ3v) is 5.10. The minimum absolute atomic E-state index is 0. The zero-order chi connectivity index (χ0) is 20.3. The Morgan fingerprint density at radius 2 is 1.93 bits per heavy atom. The van der Waals surface area contributed by atoms with Crippen LogP contribution in [-0.2, 0) is 24.8 Å². The average molecular weight is 418 g/mol. The molecule has 8 heteroatoms. The molecule has 2 heterocycles. The number of nitrogens with one attached hydrogen (secondary N) is 1. The molecule has 7 nitrogen and oxygen atoms in total. The average Bonchev–Trinajstić information content (AvgIpc) is 2.96. The molecule has 0 bridgehead atoms. The third kappa shape index (κ3) is 4.86. The maximum atomic E-state index is 13.1. The Labute approximate surface area is 176 Å². The van der Waals surface area contributed by atoms with Crippen molar-refractivity contribution >= 4 is 29.3 Å². The standard InChI is InChI=1S/C21H27N5O2.ClH/c1-14-17(15(2)23-20-19(14)21(28)24-25(20)3)12-18(27)26(11-7-10-22)13-16-8-5-4-6-9-16;/h4-6,8-9H,7,10-13,22H2,1-3H3,(H,24,28);1H. The van der Waals surface area contributed by atoms with Gasteiger partial charge in [0.2, 0.25) is 5.91 Å². The largest absolute Gasteiger partial charge is 0.338 e. The van der Waals surface area contributed by atoms with Gasteiger partial charge in [0.25, 0.3) is 5.56 Å². The maximum Gasteiger partial charge on any atom is 0.273 e. The minimum atomic E-state index is -0.180. The summed E-state index contributed by atoms with van der Waals surface area (Å²) in [5, 5.41) is 3.29. The van der Waals surface area contributed by atoms with Gasteiger partial charge in [-0.3, -0.25) is 19.4 Å². The second kappa shape index (κ2) is 9.71. The molecule has 0 aliphatic rings. The van der Waals surface area contributed by atoms with Crippen molar-refractivity contribution in [2.75, 3.05) is 13.1 Å². The molecule has 3 N–H and O–H groups in total. The topological polar surface area (TPSA) is 97.0 Å². The van der Waals surface area contributed by atoms with Crippen molar-refractivity contribution in [3.8, 4) is 0 Å². The Hall–Kier alpha value is -2.64. The molecule has 29 heavy (non-hydrogen) atoms. The SMILES string of the molecule is Cc1nc2c(c(C)c1CC(=O)N(CCCN)Cc1ccccc1)c(=O)[nH]n2C.Cl. The number of H-pyrrole nitrogens is 1. The number of nitrogens with two attached hydrogens (primary N) is 1. The van der Waals surface area contributed by atoms with E-state index in [1.54, 1.807) is 11.7 Å². The van der Waals surface area contributed by atoms with Crippen LogP contribution >= 0.6 is 12.4 Å². The van der Waals surface area contributed by atoms with Crippen LogP contribution in [0.15, 0.2) is 35.1 Å². The van der Waals surface area contributed by atoms with Gasteiger partial charge >= 0.3 is 0 Å². The van der Waals surface area contributed by atoms with E-state index in [4.69, 9.17) is 5.73 Å². The van der Waals surface area contributed by atoms with Gasteiger partial charge in [-0.25, -0.2) is 4.98 Å². The van der Waals surface area contributed by atoms with E-state index in [0.717, 1.165) is 28.8 Å². The first kappa shape index (κ1) is 22.6. The summed E-state index contributed by atoms with van der Waals surface area (Å²) >= 11 is 0. The van der Waals surface area contributed by atoms with E-state index >= 15 is 0 Å². The van der Waals surface area contributed by atoms with Gasteiger partial charge in [0, 0.05) is 25.8 Å². The number of carbonyl (C=O) groups is 1. The summed E-state index contributed by atoms with van der Waals surface area (Å²) in [7, 11) is 1.76. The molecule has 0 spiro atoms. The number of fused-ring (bicyclic) bond motifs is 1. The number of halogens is 1. The molecule has 0 atom stereocenters. The number of aromatic amines is 1. The highest BCUT2D eigenvalue weighted by molar-refractivity contribution is 5.85. The van der Waals surface area contributed by atoms with Crippen LogP contribution in [0.25, 0.3) is 11.0 Å². The predicted molar refractivity (Wildman–Crippen MR) is 117 cm³/mol. The molecule has 2 aromatic heterocycles. The van der Waals surface area contributed by atoms with E-state index in [2.05, 4.69) is 10.1 Å². The van der Waals surface area contributed by atoms with Crippen LogP contribution in [0.2, 0.25) is 0 Å². The highest BCUT2D eigenvalue weighted by Crippen LogP contribution is 2.21. The number of hydrogen-bond donors (Lipinski definition) is 2. The summed E-state index contributed by atoms with van der Waals surface area (Å²) in [5.74, 6) is 0.0111. The smallest absolute Gasteiger partial charge is 0.273 e. The summed E-state index contributed by atoms with van der Waals surface area (Å²) < 4.78 is 1.62. The highest BCUT2D eigenvalue weighted by atomic mass is 35.5. The second-order valence-corrected chi connectivity index (χ2v) is 7.12. The molecule has 0 radical (unpaired) electrons. The quantitative estimate of drug-likeness (QED) is 0.615. The van der Waals surface area contributed by atoms with Gasteiger partial charge in [0.15, 0.2) is 5.65 Å². The molecule has 156 valence electrons. The fraction of sp³-hybridized carbons (Fsp3) is 0.381. The van der Waals surface area contributed by atoms with Gasteiger partial charge in [-0.1, -0.05) is 30.3 Å². The van der Waals surface area contributed by atoms with Crippen molar-refractivity contribution in [3.05, 3.63) is 63.1 Å². The molecule has 3 aromatic rings. The Kier molecular flexibility index (Phi) is 7.59. The zero-order valence-electron chi connectivity index (χ0n) is 17.1.